The molecule has 0 unspecified atom stereocenters. The van der Waals surface area contributed by atoms with Gasteiger partial charge in [0.25, 0.3) is 5.91 Å². The first kappa shape index (κ1) is 20.1. The summed E-state index contributed by atoms with van der Waals surface area (Å²) in [5.41, 5.74) is 7.29. The number of hydrogen-bond donors (Lipinski definition) is 4. The molecule has 2 aromatic carbocycles. The predicted octanol–water partition coefficient (Wildman–Crippen LogP) is 1.92. The number of nitrogens with one attached hydrogen (secondary N) is 4. The number of amides is 2. The van der Waals surface area contributed by atoms with Gasteiger partial charge in [-0.2, -0.15) is 0 Å². The van der Waals surface area contributed by atoms with E-state index in [1.54, 1.807) is 19.2 Å². The maximum Gasteiger partial charge on any atom is 0.269 e. The van der Waals surface area contributed by atoms with Crippen LogP contribution in [0.2, 0.25) is 0 Å². The number of fused-ring (bicyclic) bond motifs is 1. The Balaban J connectivity index is 1.42. The lowest BCUT2D eigenvalue weighted by atomic mass is 10.1. The molecule has 0 spiro atoms. The fraction of sp³-hybridized carbons (Fsp3) is 0.238. The molecule has 1 aliphatic rings. The SMILES string of the molecule is Cc1ccc(S(=O)(=O)NC2CC2)cc1C(=O)NNC(=O)Cc1c[nH]c2ccccc12. The number of H-pyrrole nitrogens is 1. The molecule has 0 radical (unpaired) electrons. The lowest BCUT2D eigenvalue weighted by Gasteiger charge is -2.11. The maximum atomic E-state index is 12.6. The third-order valence-corrected chi connectivity index (χ3v) is 6.52. The number of para-hydroxylation sites is 1. The Kier molecular flexibility index (Phi) is 5.31. The third-order valence-electron chi connectivity index (χ3n) is 5.00. The van der Waals surface area contributed by atoms with Crippen LogP contribution in [0.5, 0.6) is 0 Å². The predicted molar refractivity (Wildman–Crippen MR) is 112 cm³/mol. The van der Waals surface area contributed by atoms with Crippen LogP contribution in [-0.4, -0.2) is 31.3 Å². The molecule has 1 saturated carbocycles. The summed E-state index contributed by atoms with van der Waals surface area (Å²) in [7, 11) is -3.68. The van der Waals surface area contributed by atoms with E-state index >= 15 is 0 Å². The van der Waals surface area contributed by atoms with Gasteiger partial charge in [0.15, 0.2) is 0 Å². The average Bonchev–Trinajstić information content (AvgIpc) is 3.44. The first-order valence-electron chi connectivity index (χ1n) is 9.60. The fourth-order valence-electron chi connectivity index (χ4n) is 3.19. The van der Waals surface area contributed by atoms with Crippen LogP contribution in [0.15, 0.2) is 53.6 Å². The lowest BCUT2D eigenvalue weighted by Crippen LogP contribution is -2.42. The zero-order chi connectivity index (χ0) is 21.3. The molecule has 1 fully saturated rings. The molecule has 30 heavy (non-hydrogen) atoms. The van der Waals surface area contributed by atoms with Crippen molar-refractivity contribution in [1.29, 1.82) is 0 Å². The summed E-state index contributed by atoms with van der Waals surface area (Å²) >= 11 is 0. The summed E-state index contributed by atoms with van der Waals surface area (Å²) in [4.78, 5) is 28.0. The lowest BCUT2D eigenvalue weighted by molar-refractivity contribution is -0.121. The second kappa shape index (κ2) is 7.92. The number of aromatic amines is 1. The van der Waals surface area contributed by atoms with Crippen molar-refractivity contribution in [3.05, 3.63) is 65.4 Å². The highest BCUT2D eigenvalue weighted by Gasteiger charge is 2.28. The normalized spacial score (nSPS) is 13.9. The molecule has 8 nitrogen and oxygen atoms in total. The van der Waals surface area contributed by atoms with Crippen molar-refractivity contribution in [1.82, 2.24) is 20.6 Å². The van der Waals surface area contributed by atoms with Gasteiger partial charge in [0, 0.05) is 28.7 Å². The van der Waals surface area contributed by atoms with Gasteiger partial charge in [0.2, 0.25) is 15.9 Å². The van der Waals surface area contributed by atoms with Gasteiger partial charge in [-0.3, -0.25) is 20.4 Å². The summed E-state index contributed by atoms with van der Waals surface area (Å²) in [6, 6.07) is 12.0. The second-order valence-corrected chi connectivity index (χ2v) is 9.12. The first-order valence-corrected chi connectivity index (χ1v) is 11.1. The number of rotatable bonds is 6. The van der Waals surface area contributed by atoms with E-state index in [9.17, 15) is 18.0 Å². The quantitative estimate of drug-likeness (QED) is 0.450. The molecule has 0 aliphatic heterocycles. The standard InChI is InChI=1S/C21H22N4O4S/c1-13-6-9-16(30(28,29)25-15-7-8-15)11-18(13)21(27)24-23-20(26)10-14-12-22-19-5-3-2-4-17(14)19/h2-6,9,11-12,15,22,25H,7-8,10H2,1H3,(H,23,26)(H,24,27). The molecular weight excluding hydrogens is 404 g/mol. The third kappa shape index (κ3) is 4.37. The highest BCUT2D eigenvalue weighted by Crippen LogP contribution is 2.23. The van der Waals surface area contributed by atoms with E-state index in [1.807, 2.05) is 24.3 Å². The molecule has 1 heterocycles. The second-order valence-electron chi connectivity index (χ2n) is 7.41. The van der Waals surface area contributed by atoms with Gasteiger partial charge in [0.05, 0.1) is 11.3 Å². The molecule has 4 rings (SSSR count). The van der Waals surface area contributed by atoms with Gasteiger partial charge in [-0.15, -0.1) is 0 Å². The van der Waals surface area contributed by atoms with Crippen molar-refractivity contribution < 1.29 is 18.0 Å². The molecule has 156 valence electrons. The molecule has 9 heteroatoms. The summed E-state index contributed by atoms with van der Waals surface area (Å²) < 4.78 is 27.4. The highest BCUT2D eigenvalue weighted by atomic mass is 32.2. The van der Waals surface area contributed by atoms with E-state index in [-0.39, 0.29) is 28.8 Å². The topological polar surface area (TPSA) is 120 Å². The number of carbonyl (C=O) groups is 2. The molecule has 0 atom stereocenters. The van der Waals surface area contributed by atoms with E-state index in [0.29, 0.717) is 5.56 Å². The zero-order valence-electron chi connectivity index (χ0n) is 16.4. The maximum absolute atomic E-state index is 12.6. The number of sulfonamides is 1. The number of carbonyl (C=O) groups excluding carboxylic acids is 2. The molecule has 3 aromatic rings. The van der Waals surface area contributed by atoms with Crippen molar-refractivity contribution >= 4 is 32.7 Å². The summed E-state index contributed by atoms with van der Waals surface area (Å²) in [5.74, 6) is -0.965. The van der Waals surface area contributed by atoms with Crippen LogP contribution in [0.4, 0.5) is 0 Å². The van der Waals surface area contributed by atoms with E-state index in [2.05, 4.69) is 20.6 Å². The fourth-order valence-corrected chi connectivity index (χ4v) is 4.52. The average molecular weight is 426 g/mol. The van der Waals surface area contributed by atoms with Gasteiger partial charge in [-0.1, -0.05) is 24.3 Å². The molecule has 0 saturated heterocycles. The van der Waals surface area contributed by atoms with Crippen LogP contribution in [0.3, 0.4) is 0 Å². The van der Waals surface area contributed by atoms with Gasteiger partial charge in [-0.05, 0) is 49.1 Å². The monoisotopic (exact) mass is 426 g/mol. The number of aromatic nitrogens is 1. The highest BCUT2D eigenvalue weighted by molar-refractivity contribution is 7.89. The Bertz CT molecular complexity index is 1230. The van der Waals surface area contributed by atoms with E-state index in [0.717, 1.165) is 29.3 Å². The van der Waals surface area contributed by atoms with Gasteiger partial charge in [-0.25, -0.2) is 13.1 Å². The molecular formula is C21H22N4O4S. The Hall–Kier alpha value is -3.17. The number of hydrogen-bond acceptors (Lipinski definition) is 4. The molecule has 1 aliphatic carbocycles. The molecule has 0 bridgehead atoms. The number of hydrazine groups is 1. The Morgan fingerprint density at radius 2 is 1.87 bits per heavy atom. The van der Waals surface area contributed by atoms with E-state index in [1.165, 1.54) is 12.1 Å². The molecule has 4 N–H and O–H groups in total. The summed E-state index contributed by atoms with van der Waals surface area (Å²) in [6.45, 7) is 1.70. The number of aryl methyl sites for hydroxylation is 1. The minimum absolute atomic E-state index is 0.0234. The smallest absolute Gasteiger partial charge is 0.269 e. The number of benzene rings is 2. The van der Waals surface area contributed by atoms with Gasteiger partial charge < -0.3 is 4.98 Å². The zero-order valence-corrected chi connectivity index (χ0v) is 17.2. The van der Waals surface area contributed by atoms with Gasteiger partial charge in [0.1, 0.15) is 0 Å². The first-order chi connectivity index (χ1) is 14.3. The van der Waals surface area contributed by atoms with Crippen molar-refractivity contribution in [3.63, 3.8) is 0 Å². The Morgan fingerprint density at radius 1 is 1.10 bits per heavy atom. The van der Waals surface area contributed by atoms with Gasteiger partial charge >= 0.3 is 0 Å². The van der Waals surface area contributed by atoms with Crippen molar-refractivity contribution in [2.24, 2.45) is 0 Å². The van der Waals surface area contributed by atoms with Crippen molar-refractivity contribution in [3.8, 4) is 0 Å². The minimum Gasteiger partial charge on any atom is -0.361 e. The summed E-state index contributed by atoms with van der Waals surface area (Å²) in [5, 5.41) is 0.941. The van der Waals surface area contributed by atoms with Crippen LogP contribution >= 0.6 is 0 Å². The Labute approximate surface area is 174 Å². The van der Waals surface area contributed by atoms with Crippen LogP contribution in [-0.2, 0) is 21.2 Å². The van der Waals surface area contributed by atoms with Crippen LogP contribution in [0.25, 0.3) is 10.9 Å². The van der Waals surface area contributed by atoms with E-state index < -0.39 is 15.9 Å². The summed E-state index contributed by atoms with van der Waals surface area (Å²) in [6.07, 6.45) is 3.49. The van der Waals surface area contributed by atoms with Crippen LogP contribution < -0.4 is 15.6 Å². The van der Waals surface area contributed by atoms with E-state index in [4.69, 9.17) is 0 Å². The Morgan fingerprint density at radius 3 is 2.63 bits per heavy atom. The van der Waals surface area contributed by atoms with Crippen LogP contribution in [0.1, 0.15) is 34.3 Å². The minimum atomic E-state index is -3.68. The van der Waals surface area contributed by atoms with Crippen molar-refractivity contribution in [2.45, 2.75) is 37.1 Å². The molecule has 1 aromatic heterocycles. The molecule has 2 amide bonds. The van der Waals surface area contributed by atoms with Crippen LogP contribution in [0, 0.1) is 6.92 Å². The van der Waals surface area contributed by atoms with Crippen molar-refractivity contribution in [2.75, 3.05) is 0 Å². The largest absolute Gasteiger partial charge is 0.361 e.